The van der Waals surface area contributed by atoms with Crippen molar-refractivity contribution in [3.63, 3.8) is 0 Å². The maximum Gasteiger partial charge on any atom is 0.265 e. The summed E-state index contributed by atoms with van der Waals surface area (Å²) in [6.45, 7) is -0.807. The Morgan fingerprint density at radius 1 is 1.43 bits per heavy atom. The second-order valence-electron chi connectivity index (χ2n) is 2.64. The molecule has 0 spiro atoms. The van der Waals surface area contributed by atoms with Gasteiger partial charge in [-0.25, -0.2) is 0 Å². The number of hydrogen-bond donors (Lipinski definition) is 3. The Morgan fingerprint density at radius 2 is 1.93 bits per heavy atom. The van der Waals surface area contributed by atoms with E-state index in [1.165, 1.54) is 0 Å². The number of hydrogen-bond acceptors (Lipinski definition) is 7. The lowest BCUT2D eigenvalue weighted by molar-refractivity contribution is -0.124. The minimum atomic E-state index is -3.91. The molecule has 3 N–H and O–H groups in total. The van der Waals surface area contributed by atoms with Crippen molar-refractivity contribution in [3.05, 3.63) is 0 Å². The van der Waals surface area contributed by atoms with Crippen molar-refractivity contribution in [1.82, 2.24) is 0 Å². The van der Waals surface area contributed by atoms with E-state index in [1.54, 1.807) is 0 Å². The molecule has 0 heterocycles. The van der Waals surface area contributed by atoms with Gasteiger partial charge in [0.15, 0.2) is 12.4 Å². The average molecular weight is 228 g/mol. The summed E-state index contributed by atoms with van der Waals surface area (Å²) in [4.78, 5) is 10.3. The van der Waals surface area contributed by atoms with Gasteiger partial charge in [-0.3, -0.25) is 4.18 Å². The summed E-state index contributed by atoms with van der Waals surface area (Å²) in [7, 11) is -3.91. The van der Waals surface area contributed by atoms with Crippen molar-refractivity contribution in [2.24, 2.45) is 0 Å². The lowest BCUT2D eigenvalue weighted by Crippen LogP contribution is -2.42. The number of carbonyl (C=O) groups excluding carboxylic acids is 1. The Labute approximate surface area is 81.1 Å². The van der Waals surface area contributed by atoms with Gasteiger partial charge in [-0.05, 0) is 0 Å². The molecule has 0 radical (unpaired) electrons. The average Bonchev–Trinajstić information content (AvgIpc) is 2.10. The van der Waals surface area contributed by atoms with E-state index < -0.39 is 35.0 Å². The third-order valence-corrected chi connectivity index (χ3v) is 1.91. The molecule has 7 nitrogen and oxygen atoms in total. The highest BCUT2D eigenvalue weighted by Crippen LogP contribution is 2.05. The van der Waals surface area contributed by atoms with Crippen LogP contribution in [0.1, 0.15) is 0 Å². The zero-order valence-corrected chi connectivity index (χ0v) is 8.22. The predicted molar refractivity (Wildman–Crippen MR) is 44.9 cm³/mol. The van der Waals surface area contributed by atoms with Crippen molar-refractivity contribution < 1.29 is 32.7 Å². The molecular weight excluding hydrogens is 216 g/mol. The number of aldehydes is 1. The first-order valence-corrected chi connectivity index (χ1v) is 5.44. The van der Waals surface area contributed by atoms with E-state index in [0.29, 0.717) is 6.26 Å². The van der Waals surface area contributed by atoms with E-state index in [1.807, 2.05) is 0 Å². The van der Waals surface area contributed by atoms with Crippen molar-refractivity contribution in [2.45, 2.75) is 18.3 Å². The van der Waals surface area contributed by atoms with Gasteiger partial charge in [-0.2, -0.15) is 8.42 Å². The summed E-state index contributed by atoms with van der Waals surface area (Å²) in [5, 5.41) is 26.4. The van der Waals surface area contributed by atoms with Crippen LogP contribution in [0.25, 0.3) is 0 Å². The predicted octanol–water partition coefficient (Wildman–Crippen LogP) is -2.76. The molecule has 84 valence electrons. The first-order valence-electron chi connectivity index (χ1n) is 3.62. The number of rotatable bonds is 6. The summed E-state index contributed by atoms with van der Waals surface area (Å²) < 4.78 is 25.3. The van der Waals surface area contributed by atoms with E-state index in [2.05, 4.69) is 4.18 Å². The Balaban J connectivity index is 4.49. The minimum absolute atomic E-state index is 0.0323. The van der Waals surface area contributed by atoms with Gasteiger partial charge in [-0.1, -0.05) is 0 Å². The van der Waals surface area contributed by atoms with Crippen LogP contribution in [0.15, 0.2) is 0 Å². The molecule has 3 atom stereocenters. The minimum Gasteiger partial charge on any atom is -0.394 e. The number of aliphatic hydroxyl groups is 3. The van der Waals surface area contributed by atoms with Gasteiger partial charge in [-0.15, -0.1) is 0 Å². The van der Waals surface area contributed by atoms with Crippen molar-refractivity contribution in [1.29, 1.82) is 0 Å². The summed E-state index contributed by atoms with van der Waals surface area (Å²) in [5.41, 5.74) is 0. The summed E-state index contributed by atoms with van der Waals surface area (Å²) in [6, 6.07) is 0. The van der Waals surface area contributed by atoms with Gasteiger partial charge in [0, 0.05) is 0 Å². The Morgan fingerprint density at radius 3 is 2.21 bits per heavy atom. The lowest BCUT2D eigenvalue weighted by Gasteiger charge is -2.20. The first kappa shape index (κ1) is 13.5. The van der Waals surface area contributed by atoms with Gasteiger partial charge in [0.05, 0.1) is 12.9 Å². The van der Waals surface area contributed by atoms with E-state index >= 15 is 0 Å². The summed E-state index contributed by atoms with van der Waals surface area (Å²) >= 11 is 0. The van der Waals surface area contributed by atoms with Crippen LogP contribution in [0.3, 0.4) is 0 Å². The maximum atomic E-state index is 10.6. The van der Waals surface area contributed by atoms with Crippen molar-refractivity contribution in [3.8, 4) is 0 Å². The molecule has 0 aromatic heterocycles. The Kier molecular flexibility index (Phi) is 5.16. The zero-order valence-electron chi connectivity index (χ0n) is 7.40. The fourth-order valence-corrected chi connectivity index (χ4v) is 1.25. The molecule has 3 unspecified atom stereocenters. The van der Waals surface area contributed by atoms with E-state index in [9.17, 15) is 13.2 Å². The van der Waals surface area contributed by atoms with Crippen LogP contribution >= 0.6 is 0 Å². The maximum absolute atomic E-state index is 10.6. The van der Waals surface area contributed by atoms with Crippen LogP contribution in [0.5, 0.6) is 0 Å². The normalized spacial score (nSPS) is 18.6. The quantitative estimate of drug-likeness (QED) is 0.332. The second kappa shape index (κ2) is 5.37. The molecule has 0 bridgehead atoms. The molecule has 0 aliphatic rings. The monoisotopic (exact) mass is 228 g/mol. The third kappa shape index (κ3) is 4.63. The highest BCUT2D eigenvalue weighted by Gasteiger charge is 2.29. The smallest absolute Gasteiger partial charge is 0.265 e. The third-order valence-electron chi connectivity index (χ3n) is 1.34. The SMILES string of the molecule is CS(=O)(=O)OC(C=O)C(O)C(O)CO. The molecule has 0 amide bonds. The molecule has 0 fully saturated rings. The molecule has 0 aromatic rings. The molecule has 14 heavy (non-hydrogen) atoms. The van der Waals surface area contributed by atoms with Crippen molar-refractivity contribution >= 4 is 16.4 Å². The second-order valence-corrected chi connectivity index (χ2v) is 4.24. The highest BCUT2D eigenvalue weighted by atomic mass is 32.2. The van der Waals surface area contributed by atoms with Crippen LogP contribution < -0.4 is 0 Å². The lowest BCUT2D eigenvalue weighted by atomic mass is 10.1. The summed E-state index contributed by atoms with van der Waals surface area (Å²) in [5.74, 6) is 0. The van der Waals surface area contributed by atoms with Crippen LogP contribution in [-0.2, 0) is 19.1 Å². The molecular formula is C6H12O7S. The Bertz CT molecular complexity index is 272. The van der Waals surface area contributed by atoms with Gasteiger partial charge in [0.2, 0.25) is 0 Å². The summed E-state index contributed by atoms with van der Waals surface area (Å²) in [6.07, 6.45) is -4.40. The van der Waals surface area contributed by atoms with E-state index in [4.69, 9.17) is 15.3 Å². The largest absolute Gasteiger partial charge is 0.394 e. The van der Waals surface area contributed by atoms with E-state index in [0.717, 1.165) is 0 Å². The highest BCUT2D eigenvalue weighted by molar-refractivity contribution is 7.86. The standard InChI is InChI=1S/C6H12O7S/c1-14(11,12)13-5(3-8)6(10)4(9)2-7/h3-7,9-10H,2H2,1H3. The molecule has 0 saturated heterocycles. The number of aliphatic hydroxyl groups excluding tert-OH is 3. The Hall–Kier alpha value is -0.540. The van der Waals surface area contributed by atoms with Gasteiger partial charge in [0.1, 0.15) is 12.2 Å². The van der Waals surface area contributed by atoms with Gasteiger partial charge in [0.25, 0.3) is 10.1 Å². The fraction of sp³-hybridized carbons (Fsp3) is 0.833. The molecule has 0 saturated carbocycles. The van der Waals surface area contributed by atoms with Crippen LogP contribution in [0, 0.1) is 0 Å². The molecule has 0 aromatic carbocycles. The van der Waals surface area contributed by atoms with Crippen LogP contribution in [0.2, 0.25) is 0 Å². The fourth-order valence-electron chi connectivity index (χ4n) is 0.689. The van der Waals surface area contributed by atoms with Gasteiger partial charge >= 0.3 is 0 Å². The van der Waals surface area contributed by atoms with E-state index in [-0.39, 0.29) is 6.29 Å². The number of carbonyl (C=O) groups is 1. The molecule has 8 heteroatoms. The molecule has 0 rings (SSSR count). The zero-order chi connectivity index (χ0) is 11.4. The molecule has 0 aliphatic carbocycles. The first-order chi connectivity index (χ1) is 6.31. The van der Waals surface area contributed by atoms with Crippen LogP contribution in [0.4, 0.5) is 0 Å². The van der Waals surface area contributed by atoms with Crippen LogP contribution in [-0.4, -0.2) is 61.2 Å². The van der Waals surface area contributed by atoms with Crippen molar-refractivity contribution in [2.75, 3.05) is 12.9 Å². The topological polar surface area (TPSA) is 121 Å². The molecule has 0 aliphatic heterocycles. The van der Waals surface area contributed by atoms with Gasteiger partial charge < -0.3 is 20.1 Å².